The molecule has 0 atom stereocenters. The zero-order valence-corrected chi connectivity index (χ0v) is 21.9. The van der Waals surface area contributed by atoms with E-state index in [2.05, 4.69) is 26.6 Å². The van der Waals surface area contributed by atoms with E-state index in [1.54, 1.807) is 43.5 Å². The third-order valence-corrected chi connectivity index (χ3v) is 6.28. The van der Waals surface area contributed by atoms with Crippen molar-refractivity contribution in [3.8, 4) is 28.9 Å². The van der Waals surface area contributed by atoms with Crippen LogP contribution in [0, 0.1) is 18.3 Å². The molecule has 39 heavy (non-hydrogen) atoms. The van der Waals surface area contributed by atoms with Crippen LogP contribution in [-0.4, -0.2) is 39.4 Å². The van der Waals surface area contributed by atoms with Gasteiger partial charge in [0.25, 0.3) is 0 Å². The van der Waals surface area contributed by atoms with E-state index >= 15 is 0 Å². The lowest BCUT2D eigenvalue weighted by molar-refractivity contribution is 0.103. The van der Waals surface area contributed by atoms with Crippen LogP contribution in [0.15, 0.2) is 77.3 Å². The van der Waals surface area contributed by atoms with Crippen LogP contribution in [0.2, 0.25) is 5.02 Å². The molecule has 0 saturated carbocycles. The lowest BCUT2D eigenvalue weighted by Crippen LogP contribution is -2.11. The number of methoxy groups -OCH3 is 1. The number of anilines is 1. The average Bonchev–Trinajstić information content (AvgIpc) is 3.58. The minimum atomic E-state index is -0.345. The Bertz CT molecular complexity index is 1670. The van der Waals surface area contributed by atoms with Crippen molar-refractivity contribution in [1.82, 2.24) is 19.9 Å². The Morgan fingerprint density at radius 2 is 1.90 bits per heavy atom. The van der Waals surface area contributed by atoms with Gasteiger partial charge in [-0.15, -0.1) is 0 Å². The van der Waals surface area contributed by atoms with E-state index in [0.717, 1.165) is 11.1 Å². The van der Waals surface area contributed by atoms with Gasteiger partial charge in [-0.05, 0) is 43.3 Å². The number of ketones is 1. The Balaban J connectivity index is 1.42. The Morgan fingerprint density at radius 1 is 1.13 bits per heavy atom. The second-order valence-electron chi connectivity index (χ2n) is 8.69. The van der Waals surface area contributed by atoms with Gasteiger partial charge in [0.1, 0.15) is 23.2 Å². The van der Waals surface area contributed by atoms with Crippen LogP contribution in [0.3, 0.4) is 0 Å². The van der Waals surface area contributed by atoms with Crippen molar-refractivity contribution in [1.29, 1.82) is 5.26 Å². The average molecular weight is 539 g/mol. The first-order chi connectivity index (χ1) is 19.0. The van der Waals surface area contributed by atoms with Crippen LogP contribution < -0.4 is 10.1 Å². The van der Waals surface area contributed by atoms with E-state index < -0.39 is 0 Å². The highest BCUT2D eigenvalue weighted by Gasteiger charge is 2.25. The highest BCUT2D eigenvalue weighted by molar-refractivity contribution is 6.30. The van der Waals surface area contributed by atoms with Crippen molar-refractivity contribution in [3.63, 3.8) is 0 Å². The van der Waals surface area contributed by atoms with Gasteiger partial charge in [-0.25, -0.2) is 4.68 Å². The van der Waals surface area contributed by atoms with Gasteiger partial charge >= 0.3 is 0 Å². The molecule has 194 valence electrons. The molecule has 5 rings (SSSR count). The quantitative estimate of drug-likeness (QED) is 0.239. The molecular formula is C29H23ClN6O3. The number of nitrogens with zero attached hydrogens (tertiary/aromatic N) is 5. The van der Waals surface area contributed by atoms with Gasteiger partial charge in [0.15, 0.2) is 5.69 Å². The molecule has 9 nitrogen and oxygen atoms in total. The highest BCUT2D eigenvalue weighted by atomic mass is 35.5. The minimum Gasteiger partial charge on any atom is -0.497 e. The van der Waals surface area contributed by atoms with E-state index in [9.17, 15) is 10.1 Å². The third-order valence-electron chi connectivity index (χ3n) is 6.02. The van der Waals surface area contributed by atoms with Crippen LogP contribution in [0.5, 0.6) is 5.75 Å². The van der Waals surface area contributed by atoms with Crippen molar-refractivity contribution >= 4 is 23.2 Å². The summed E-state index contributed by atoms with van der Waals surface area (Å²) < 4.78 is 12.2. The lowest BCUT2D eigenvalue weighted by Gasteiger charge is -2.09. The van der Waals surface area contributed by atoms with E-state index in [0.29, 0.717) is 52.5 Å². The van der Waals surface area contributed by atoms with Crippen LogP contribution in [0.4, 0.5) is 5.82 Å². The summed E-state index contributed by atoms with van der Waals surface area (Å²) in [5.74, 6) is 1.58. The van der Waals surface area contributed by atoms with Gasteiger partial charge in [-0.1, -0.05) is 58.7 Å². The zero-order valence-electron chi connectivity index (χ0n) is 21.2. The lowest BCUT2D eigenvalue weighted by atomic mass is 10.0. The number of hydrogen-bond donors (Lipinski definition) is 1. The molecule has 0 radical (unpaired) electrons. The number of carbonyl (C=O) groups is 1. The number of hydrogen-bond acceptors (Lipinski definition) is 8. The summed E-state index contributed by atoms with van der Waals surface area (Å²) in [5, 5.41) is 22.5. The molecule has 2 heterocycles. The summed E-state index contributed by atoms with van der Waals surface area (Å²) in [5.41, 5.74) is 3.07. The number of aryl methyl sites for hydroxylation is 1. The summed E-state index contributed by atoms with van der Waals surface area (Å²) in [4.78, 5) is 17.8. The first kappa shape index (κ1) is 25.7. The topological polar surface area (TPSA) is 119 Å². The van der Waals surface area contributed by atoms with Crippen molar-refractivity contribution in [2.75, 3.05) is 19.0 Å². The van der Waals surface area contributed by atoms with E-state index in [4.69, 9.17) is 20.9 Å². The molecule has 0 spiro atoms. The summed E-state index contributed by atoms with van der Waals surface area (Å²) in [7, 11) is 1.59. The largest absolute Gasteiger partial charge is 0.497 e. The number of ether oxygens (including phenoxy) is 1. The molecule has 0 unspecified atom stereocenters. The van der Waals surface area contributed by atoms with E-state index in [-0.39, 0.29) is 17.0 Å². The molecule has 5 aromatic rings. The molecule has 0 aliphatic carbocycles. The van der Waals surface area contributed by atoms with Crippen molar-refractivity contribution < 1.29 is 14.1 Å². The Kier molecular flexibility index (Phi) is 7.39. The number of nitriles is 1. The van der Waals surface area contributed by atoms with E-state index in [1.165, 1.54) is 4.68 Å². The Hall–Kier alpha value is -4.94. The van der Waals surface area contributed by atoms with Crippen molar-refractivity contribution in [2.45, 2.75) is 13.3 Å². The second kappa shape index (κ2) is 11.2. The SMILES string of the molecule is COc1cccc(-c2noc(CCNc3c(C#N)c(C(=O)c4ccc(C)cc4)nn3-c3ccc(Cl)cc3)n2)c1. The molecule has 0 aliphatic rings. The molecule has 0 aliphatic heterocycles. The predicted molar refractivity (Wildman–Crippen MR) is 146 cm³/mol. The van der Waals surface area contributed by atoms with Crippen LogP contribution in [0.1, 0.15) is 33.1 Å². The Morgan fingerprint density at radius 3 is 2.62 bits per heavy atom. The molecule has 0 amide bonds. The number of carbonyl (C=O) groups excluding carboxylic acids is 1. The summed E-state index contributed by atoms with van der Waals surface area (Å²) in [6.45, 7) is 2.28. The monoisotopic (exact) mass is 538 g/mol. The number of nitrogens with one attached hydrogen (secondary N) is 1. The molecule has 0 bridgehead atoms. The summed E-state index contributed by atoms with van der Waals surface area (Å²) in [6, 6.07) is 23.6. The number of halogens is 1. The maximum atomic E-state index is 13.3. The fourth-order valence-corrected chi connectivity index (χ4v) is 4.11. The van der Waals surface area contributed by atoms with Crippen LogP contribution in [-0.2, 0) is 6.42 Å². The summed E-state index contributed by atoms with van der Waals surface area (Å²) >= 11 is 6.08. The molecule has 1 N–H and O–H groups in total. The normalized spacial score (nSPS) is 10.7. The maximum absolute atomic E-state index is 13.3. The van der Waals surface area contributed by atoms with Gasteiger partial charge < -0.3 is 14.6 Å². The molecule has 0 fully saturated rings. The molecule has 2 aromatic heterocycles. The number of benzene rings is 3. The molecule has 0 saturated heterocycles. The Labute approximate surface area is 229 Å². The first-order valence-electron chi connectivity index (χ1n) is 12.1. The van der Waals surface area contributed by atoms with Crippen LogP contribution >= 0.6 is 11.6 Å². The molecule has 3 aromatic carbocycles. The molecule has 10 heteroatoms. The maximum Gasteiger partial charge on any atom is 0.228 e. The van der Waals surface area contributed by atoms with Crippen molar-refractivity contribution in [2.24, 2.45) is 0 Å². The van der Waals surface area contributed by atoms with E-state index in [1.807, 2.05) is 43.3 Å². The number of aromatic nitrogens is 4. The first-order valence-corrected chi connectivity index (χ1v) is 12.5. The van der Waals surface area contributed by atoms with Gasteiger partial charge in [0.05, 0.1) is 12.8 Å². The number of rotatable bonds is 9. The smallest absolute Gasteiger partial charge is 0.228 e. The fourth-order valence-electron chi connectivity index (χ4n) is 3.98. The second-order valence-corrected chi connectivity index (χ2v) is 9.12. The van der Waals surface area contributed by atoms with Gasteiger partial charge in [0, 0.05) is 29.1 Å². The van der Waals surface area contributed by atoms with Crippen molar-refractivity contribution in [3.05, 3.63) is 106 Å². The fraction of sp³-hybridized carbons (Fsp3) is 0.138. The minimum absolute atomic E-state index is 0.0527. The molecular weight excluding hydrogens is 516 g/mol. The van der Waals surface area contributed by atoms with Gasteiger partial charge in [-0.3, -0.25) is 4.79 Å². The predicted octanol–water partition coefficient (Wildman–Crippen LogP) is 5.65. The van der Waals surface area contributed by atoms with Crippen LogP contribution in [0.25, 0.3) is 17.1 Å². The highest BCUT2D eigenvalue weighted by Crippen LogP contribution is 2.27. The zero-order chi connectivity index (χ0) is 27.4. The standard InChI is InChI=1S/C29H23ClN6O3/c1-18-6-8-19(9-7-18)27(37)26-24(17-31)29(36(34-26)22-12-10-21(30)11-13-22)32-15-14-25-33-28(35-39-25)20-4-3-5-23(16-20)38-2/h3-13,16,32H,14-15H2,1-2H3. The third kappa shape index (κ3) is 5.51. The summed E-state index contributed by atoms with van der Waals surface area (Å²) in [6.07, 6.45) is 0.370. The van der Waals surface area contributed by atoms with Gasteiger partial charge in [-0.2, -0.15) is 15.3 Å². The van der Waals surface area contributed by atoms with Gasteiger partial charge in [0.2, 0.25) is 17.5 Å².